The van der Waals surface area contributed by atoms with Crippen LogP contribution < -0.4 is 10.2 Å². The maximum absolute atomic E-state index is 13.0. The summed E-state index contributed by atoms with van der Waals surface area (Å²) < 4.78 is 0. The molecule has 5 heteroatoms. The summed E-state index contributed by atoms with van der Waals surface area (Å²) in [4.78, 5) is 28.7. The normalized spacial score (nSPS) is 23.8. The van der Waals surface area contributed by atoms with Gasteiger partial charge in [0.25, 0.3) is 5.91 Å². The highest BCUT2D eigenvalue weighted by molar-refractivity contribution is 8.00. The minimum Gasteiger partial charge on any atom is -0.349 e. The van der Waals surface area contributed by atoms with Gasteiger partial charge in [0.2, 0.25) is 5.91 Å². The van der Waals surface area contributed by atoms with E-state index in [2.05, 4.69) is 38.2 Å². The fraction of sp³-hybridized carbons (Fsp3) is 0.440. The summed E-state index contributed by atoms with van der Waals surface area (Å²) in [6.07, 6.45) is 3.44. The molecule has 3 atom stereocenters. The number of carbonyl (C=O) groups is 2. The van der Waals surface area contributed by atoms with Crippen LogP contribution in [0, 0.1) is 18.8 Å². The Bertz CT molecular complexity index is 958. The molecule has 0 unspecified atom stereocenters. The van der Waals surface area contributed by atoms with Gasteiger partial charge in [-0.05, 0) is 54.5 Å². The lowest BCUT2D eigenvalue weighted by atomic mass is 9.78. The molecule has 1 N–H and O–H groups in total. The molecule has 0 aromatic heterocycles. The van der Waals surface area contributed by atoms with E-state index in [0.717, 1.165) is 29.0 Å². The second-order valence-electron chi connectivity index (χ2n) is 8.72. The molecule has 1 aliphatic carbocycles. The number of amides is 2. The van der Waals surface area contributed by atoms with Crippen molar-refractivity contribution in [2.75, 3.05) is 10.7 Å². The highest BCUT2D eigenvalue weighted by atomic mass is 32.2. The van der Waals surface area contributed by atoms with E-state index < -0.39 is 0 Å². The van der Waals surface area contributed by atoms with Gasteiger partial charge in [-0.25, -0.2) is 0 Å². The Morgan fingerprint density at radius 2 is 1.97 bits per heavy atom. The van der Waals surface area contributed by atoms with E-state index in [1.165, 1.54) is 12.0 Å². The zero-order valence-corrected chi connectivity index (χ0v) is 18.8. The molecule has 1 heterocycles. The van der Waals surface area contributed by atoms with Crippen molar-refractivity contribution in [3.05, 3.63) is 59.2 Å². The van der Waals surface area contributed by atoms with Gasteiger partial charge in [0.05, 0.1) is 18.0 Å². The van der Waals surface area contributed by atoms with Crippen molar-refractivity contribution in [1.82, 2.24) is 5.32 Å². The number of benzene rings is 2. The summed E-state index contributed by atoms with van der Waals surface area (Å²) in [5.41, 5.74) is 3.77. The molecule has 0 spiro atoms. The summed E-state index contributed by atoms with van der Waals surface area (Å²) in [5.74, 6) is 1.59. The Labute approximate surface area is 183 Å². The molecule has 0 radical (unpaired) electrons. The number of nitrogens with zero attached hydrogens (tertiary/aromatic N) is 1. The first-order valence-corrected chi connectivity index (χ1v) is 11.8. The van der Waals surface area contributed by atoms with Crippen molar-refractivity contribution in [2.24, 2.45) is 11.8 Å². The fourth-order valence-electron chi connectivity index (χ4n) is 4.51. The second kappa shape index (κ2) is 8.84. The molecule has 158 valence electrons. The predicted octanol–water partition coefficient (Wildman–Crippen LogP) is 5.19. The minimum absolute atomic E-state index is 0.0392. The van der Waals surface area contributed by atoms with Crippen molar-refractivity contribution in [1.29, 1.82) is 0 Å². The summed E-state index contributed by atoms with van der Waals surface area (Å²) >= 11 is 1.55. The van der Waals surface area contributed by atoms with Crippen LogP contribution in [0.4, 0.5) is 5.69 Å². The van der Waals surface area contributed by atoms with Gasteiger partial charge >= 0.3 is 0 Å². The standard InChI is InChI=1S/C25H30N2O2S/c1-16-8-6-10-21(18(16)3)26-25(29)19-11-12-23-22(13-19)27(24(28)15-30-23)14-20-9-5-4-7-17(20)2/h4-5,7,9,11-13,16,18,21H,6,8,10,14-15H2,1-3H3,(H,26,29)/t16-,18-,21-/m1/s1. The zero-order valence-electron chi connectivity index (χ0n) is 18.0. The third-order valence-electron chi connectivity index (χ3n) is 6.78. The maximum atomic E-state index is 13.0. The van der Waals surface area contributed by atoms with Gasteiger partial charge in [0.1, 0.15) is 0 Å². The van der Waals surface area contributed by atoms with E-state index >= 15 is 0 Å². The summed E-state index contributed by atoms with van der Waals surface area (Å²) in [7, 11) is 0. The second-order valence-corrected chi connectivity index (χ2v) is 9.74. The van der Waals surface area contributed by atoms with E-state index in [-0.39, 0.29) is 17.9 Å². The van der Waals surface area contributed by atoms with Crippen molar-refractivity contribution in [3.63, 3.8) is 0 Å². The third-order valence-corrected chi connectivity index (χ3v) is 7.82. The lowest BCUT2D eigenvalue weighted by Crippen LogP contribution is -2.43. The minimum atomic E-state index is -0.0392. The number of hydrogen-bond acceptors (Lipinski definition) is 3. The number of aryl methyl sites for hydroxylation is 1. The van der Waals surface area contributed by atoms with Crippen LogP contribution in [0.5, 0.6) is 0 Å². The fourth-order valence-corrected chi connectivity index (χ4v) is 5.43. The molecule has 2 aromatic carbocycles. The van der Waals surface area contributed by atoms with Gasteiger partial charge in [0, 0.05) is 16.5 Å². The van der Waals surface area contributed by atoms with Gasteiger partial charge in [-0.15, -0.1) is 11.8 Å². The smallest absolute Gasteiger partial charge is 0.251 e. The summed E-state index contributed by atoms with van der Waals surface area (Å²) in [6.45, 7) is 7.10. The molecule has 2 amide bonds. The molecule has 4 rings (SSSR count). The monoisotopic (exact) mass is 422 g/mol. The maximum Gasteiger partial charge on any atom is 0.251 e. The number of anilines is 1. The molecule has 0 bridgehead atoms. The molecule has 2 aliphatic rings. The van der Waals surface area contributed by atoms with Gasteiger partial charge in [-0.2, -0.15) is 0 Å². The Balaban J connectivity index is 1.58. The molecule has 1 aliphatic heterocycles. The first-order chi connectivity index (χ1) is 14.4. The van der Waals surface area contributed by atoms with Crippen molar-refractivity contribution in [2.45, 2.75) is 57.5 Å². The molecule has 4 nitrogen and oxygen atoms in total. The van der Waals surface area contributed by atoms with Crippen molar-refractivity contribution in [3.8, 4) is 0 Å². The average molecular weight is 423 g/mol. The lowest BCUT2D eigenvalue weighted by Gasteiger charge is -2.34. The zero-order chi connectivity index (χ0) is 21.3. The topological polar surface area (TPSA) is 49.4 Å². The quantitative estimate of drug-likeness (QED) is 0.738. The Kier molecular flexibility index (Phi) is 6.19. The number of hydrogen-bond donors (Lipinski definition) is 1. The molecule has 1 fully saturated rings. The van der Waals surface area contributed by atoms with Gasteiger partial charge < -0.3 is 10.2 Å². The summed E-state index contributed by atoms with van der Waals surface area (Å²) in [6, 6.07) is 14.1. The first-order valence-electron chi connectivity index (χ1n) is 10.9. The van der Waals surface area contributed by atoms with Gasteiger partial charge in [-0.1, -0.05) is 51.0 Å². The molecule has 0 saturated heterocycles. The van der Waals surface area contributed by atoms with E-state index in [1.54, 1.807) is 11.8 Å². The van der Waals surface area contributed by atoms with Crippen LogP contribution in [0.3, 0.4) is 0 Å². The number of nitrogens with one attached hydrogen (secondary N) is 1. The first kappa shape index (κ1) is 21.0. The van der Waals surface area contributed by atoms with E-state index in [0.29, 0.717) is 29.7 Å². The Hall–Kier alpha value is -2.27. The van der Waals surface area contributed by atoms with Crippen molar-refractivity contribution < 1.29 is 9.59 Å². The number of rotatable bonds is 4. The van der Waals surface area contributed by atoms with Gasteiger partial charge in [-0.3, -0.25) is 9.59 Å². The lowest BCUT2D eigenvalue weighted by molar-refractivity contribution is -0.116. The summed E-state index contributed by atoms with van der Waals surface area (Å²) in [5, 5.41) is 3.26. The van der Waals surface area contributed by atoms with Crippen LogP contribution in [0.1, 0.15) is 54.6 Å². The van der Waals surface area contributed by atoms with Crippen LogP contribution in [-0.4, -0.2) is 23.6 Å². The highest BCUT2D eigenvalue weighted by Crippen LogP contribution is 2.37. The highest BCUT2D eigenvalue weighted by Gasteiger charge is 2.30. The largest absolute Gasteiger partial charge is 0.349 e. The molecule has 1 saturated carbocycles. The Morgan fingerprint density at radius 3 is 2.77 bits per heavy atom. The average Bonchev–Trinajstić information content (AvgIpc) is 2.74. The number of thioether (sulfide) groups is 1. The predicted molar refractivity (Wildman–Crippen MR) is 123 cm³/mol. The van der Waals surface area contributed by atoms with Crippen molar-refractivity contribution >= 4 is 29.3 Å². The van der Waals surface area contributed by atoms with E-state index in [4.69, 9.17) is 0 Å². The molecule has 2 aromatic rings. The molecule has 30 heavy (non-hydrogen) atoms. The van der Waals surface area contributed by atoms with Crippen LogP contribution in [0.2, 0.25) is 0 Å². The van der Waals surface area contributed by atoms with E-state index in [1.807, 2.05) is 35.2 Å². The number of carbonyl (C=O) groups excluding carboxylic acids is 2. The van der Waals surface area contributed by atoms with Crippen LogP contribution in [0.25, 0.3) is 0 Å². The molecular formula is C25H30N2O2S. The van der Waals surface area contributed by atoms with E-state index in [9.17, 15) is 9.59 Å². The van der Waals surface area contributed by atoms with Crippen LogP contribution >= 0.6 is 11.8 Å². The third kappa shape index (κ3) is 4.27. The Morgan fingerprint density at radius 1 is 1.17 bits per heavy atom. The SMILES string of the molecule is Cc1ccccc1CN1C(=O)CSc2ccc(C(=O)N[C@@H]3CCC[C@@H](C)[C@H]3C)cc21. The van der Waals surface area contributed by atoms with Crippen LogP contribution in [0.15, 0.2) is 47.4 Å². The number of fused-ring (bicyclic) bond motifs is 1. The molecular weight excluding hydrogens is 392 g/mol. The van der Waals surface area contributed by atoms with Crippen LogP contribution in [-0.2, 0) is 11.3 Å². The van der Waals surface area contributed by atoms with Gasteiger partial charge in [0.15, 0.2) is 0 Å².